The Hall–Kier alpha value is -5.27. The maximum Gasteiger partial charge on any atom is 0.305 e. The van der Waals surface area contributed by atoms with Gasteiger partial charge in [-0.1, -0.05) is 50.5 Å². The van der Waals surface area contributed by atoms with Crippen molar-refractivity contribution in [1.29, 1.82) is 0 Å². The molecule has 0 aliphatic carbocycles. The summed E-state index contributed by atoms with van der Waals surface area (Å²) in [7, 11) is 6.74. The van der Waals surface area contributed by atoms with Gasteiger partial charge in [0.1, 0.15) is 11.5 Å². The molecule has 0 bridgehead atoms. The molecule has 0 radical (unpaired) electrons. The summed E-state index contributed by atoms with van der Waals surface area (Å²) in [5.74, 6) is 1.41. The minimum absolute atomic E-state index is 0.0746. The lowest BCUT2D eigenvalue weighted by atomic mass is 10.2. The molecule has 0 spiro atoms. The van der Waals surface area contributed by atoms with Gasteiger partial charge in [0, 0.05) is 49.7 Å². The summed E-state index contributed by atoms with van der Waals surface area (Å²) in [6.45, 7) is 9.76. The first kappa shape index (κ1) is 43.8. The van der Waals surface area contributed by atoms with Crippen LogP contribution in [0.5, 0.6) is 23.0 Å². The van der Waals surface area contributed by atoms with Crippen LogP contribution in [0.2, 0.25) is 0 Å². The quantitative estimate of drug-likeness (QED) is 0.0424. The molecule has 4 N–H and O–H groups in total. The van der Waals surface area contributed by atoms with E-state index in [9.17, 15) is 14.5 Å². The van der Waals surface area contributed by atoms with E-state index in [1.807, 2.05) is 93.5 Å². The lowest BCUT2D eigenvalue weighted by Gasteiger charge is -2.15. The third-order valence-electron chi connectivity index (χ3n) is 6.69. The molecular weight excluding hydrogens is 659 g/mol. The Labute approximate surface area is 301 Å². The smallest absolute Gasteiger partial charge is 0.305 e. The predicted molar refractivity (Wildman–Crippen MR) is 201 cm³/mol. The molecule has 0 aliphatic heterocycles. The van der Waals surface area contributed by atoms with Crippen LogP contribution in [0.15, 0.2) is 78.9 Å². The van der Waals surface area contributed by atoms with Crippen LogP contribution in [-0.4, -0.2) is 46.5 Å². The normalized spacial score (nSPS) is 9.82. The van der Waals surface area contributed by atoms with Crippen LogP contribution in [0, 0.1) is 29.8 Å². The fourth-order valence-electron chi connectivity index (χ4n) is 3.91. The molecule has 4 rings (SSSR count). The number of benzene rings is 4. The van der Waals surface area contributed by atoms with Gasteiger partial charge in [-0.05, 0) is 68.7 Å². The van der Waals surface area contributed by atoms with Crippen molar-refractivity contribution in [3.8, 4) is 23.0 Å². The first-order chi connectivity index (χ1) is 24.4. The maximum atomic E-state index is 12.8. The van der Waals surface area contributed by atoms with Gasteiger partial charge in [-0.3, -0.25) is 10.1 Å². The fraction of sp³-hybridized carbons (Fsp3) is 0.368. The van der Waals surface area contributed by atoms with E-state index in [0.717, 1.165) is 66.6 Å². The Morgan fingerprint density at radius 1 is 0.745 bits per heavy atom. The minimum atomic E-state index is -0.959. The number of hydrogen-bond donors (Lipinski definition) is 2. The largest absolute Gasteiger partial charge is 0.493 e. The van der Waals surface area contributed by atoms with Gasteiger partial charge in [-0.2, -0.15) is 14.2 Å². The highest BCUT2D eigenvalue weighted by Crippen LogP contribution is 2.27. The van der Waals surface area contributed by atoms with Crippen LogP contribution >= 0.6 is 0 Å². The number of nitro benzene ring substituents is 1. The summed E-state index contributed by atoms with van der Waals surface area (Å²) >= 11 is 0. The number of unbranched alkanes of at least 4 members (excludes halogenated alkanes) is 2. The average Bonchev–Trinajstić information content (AvgIpc) is 3.10. The molecule has 0 aliphatic rings. The van der Waals surface area contributed by atoms with Crippen molar-refractivity contribution in [3.05, 3.63) is 106 Å². The van der Waals surface area contributed by atoms with E-state index >= 15 is 0 Å². The molecule has 51 heavy (non-hydrogen) atoms. The van der Waals surface area contributed by atoms with Gasteiger partial charge >= 0.3 is 5.69 Å². The van der Waals surface area contributed by atoms with Crippen LogP contribution in [0.1, 0.15) is 50.7 Å². The highest BCUT2D eigenvalue weighted by Gasteiger charge is 2.14. The number of ether oxygens (including phenoxy) is 2. The standard InChI is InChI=1S/C13H22N2O.C11H16O3.C7H6FNO4.C7H9N/c1-4-5-6-9-16-13-10-11(15(2)3)7-8-12(13)14;1-4-7-13-11-8-10(14-12-3)6-5-9(11)2;1-12-13-5-2-3-7(9(10)11)6(8)4-5;1-6-2-4-7(8)5-3-6/h7-8,10H,4-6,9,14H2,1-3H3;5-6,8H,4,7H2,1-3H3;2-4H,1H3;2-5H,8H2,1H3. The van der Waals surface area contributed by atoms with Crippen LogP contribution < -0.4 is 35.6 Å². The number of hydrogen-bond acceptors (Lipinski definition) is 11. The number of anilines is 3. The molecule has 0 heterocycles. The molecule has 12 nitrogen and oxygen atoms in total. The second kappa shape index (κ2) is 24.8. The predicted octanol–water partition coefficient (Wildman–Crippen LogP) is 8.88. The van der Waals surface area contributed by atoms with Crippen LogP contribution in [-0.2, 0) is 9.78 Å². The highest BCUT2D eigenvalue weighted by atomic mass is 19.1. The molecule has 280 valence electrons. The van der Waals surface area contributed by atoms with E-state index < -0.39 is 16.4 Å². The average molecular weight is 713 g/mol. The molecule has 0 saturated heterocycles. The molecule has 4 aromatic carbocycles. The van der Waals surface area contributed by atoms with Gasteiger partial charge in [-0.15, -0.1) is 0 Å². The number of nitrogen functional groups attached to an aromatic ring is 2. The van der Waals surface area contributed by atoms with Crippen LogP contribution in [0.4, 0.5) is 27.1 Å². The third-order valence-corrected chi connectivity index (χ3v) is 6.69. The molecular formula is C38H53FN4O8. The molecule has 0 amide bonds. The first-order valence-electron chi connectivity index (χ1n) is 16.5. The Kier molecular flexibility index (Phi) is 21.3. The number of rotatable bonds is 14. The summed E-state index contributed by atoms with van der Waals surface area (Å²) in [6, 6.07) is 22.4. The van der Waals surface area contributed by atoms with Crippen LogP contribution in [0.25, 0.3) is 0 Å². The van der Waals surface area contributed by atoms with E-state index in [1.54, 1.807) is 0 Å². The van der Waals surface area contributed by atoms with Gasteiger partial charge in [0.15, 0.2) is 11.5 Å². The molecule has 0 saturated carbocycles. The second-order valence-electron chi connectivity index (χ2n) is 11.2. The summed E-state index contributed by atoms with van der Waals surface area (Å²) in [5, 5.41) is 10.2. The Morgan fingerprint density at radius 3 is 1.88 bits per heavy atom. The summed E-state index contributed by atoms with van der Waals surface area (Å²) in [4.78, 5) is 29.6. The molecule has 0 fully saturated rings. The van der Waals surface area contributed by atoms with Crippen molar-refractivity contribution in [3.63, 3.8) is 0 Å². The van der Waals surface area contributed by atoms with E-state index in [1.165, 1.54) is 38.7 Å². The lowest BCUT2D eigenvalue weighted by Crippen LogP contribution is -2.09. The van der Waals surface area contributed by atoms with Crippen molar-refractivity contribution in [2.45, 2.75) is 53.4 Å². The first-order valence-corrected chi connectivity index (χ1v) is 16.5. The zero-order valence-corrected chi connectivity index (χ0v) is 30.9. The molecule has 0 aromatic heterocycles. The Bertz CT molecular complexity index is 1550. The summed E-state index contributed by atoms with van der Waals surface area (Å²) < 4.78 is 24.1. The van der Waals surface area contributed by atoms with E-state index in [0.29, 0.717) is 11.4 Å². The maximum absolute atomic E-state index is 12.8. The number of aryl methyl sites for hydroxylation is 2. The topological polar surface area (TPSA) is 154 Å². The zero-order chi connectivity index (χ0) is 38.2. The number of nitro groups is 1. The van der Waals surface area contributed by atoms with Crippen molar-refractivity contribution in [2.24, 2.45) is 0 Å². The van der Waals surface area contributed by atoms with Gasteiger partial charge in [0.2, 0.25) is 5.82 Å². The highest BCUT2D eigenvalue weighted by molar-refractivity contribution is 5.61. The van der Waals surface area contributed by atoms with Gasteiger partial charge in [-0.25, -0.2) is 0 Å². The molecule has 0 atom stereocenters. The van der Waals surface area contributed by atoms with Crippen LogP contribution in [0.3, 0.4) is 0 Å². The lowest BCUT2D eigenvalue weighted by molar-refractivity contribution is -0.387. The SMILES string of the molecule is CCCCCOc1cc(N(C)C)ccc1N.CCCOc1cc(OOC)ccc1C.COOc1ccc([N+](=O)[O-])c(F)c1.Cc1ccc(N)cc1. The summed E-state index contributed by atoms with van der Waals surface area (Å²) in [5.41, 5.74) is 15.7. The zero-order valence-electron chi connectivity index (χ0n) is 30.9. The molecule has 0 unspecified atom stereocenters. The van der Waals surface area contributed by atoms with Crippen molar-refractivity contribution in [1.82, 2.24) is 0 Å². The van der Waals surface area contributed by atoms with E-state index in [-0.39, 0.29) is 5.75 Å². The Morgan fingerprint density at radius 2 is 1.35 bits per heavy atom. The summed E-state index contributed by atoms with van der Waals surface area (Å²) in [6.07, 6.45) is 4.49. The third kappa shape index (κ3) is 17.8. The monoisotopic (exact) mass is 712 g/mol. The van der Waals surface area contributed by atoms with Crippen molar-refractivity contribution >= 4 is 22.7 Å². The number of halogens is 1. The second-order valence-corrected chi connectivity index (χ2v) is 11.2. The van der Waals surface area contributed by atoms with Gasteiger partial charge in [0.25, 0.3) is 0 Å². The molecule has 4 aromatic rings. The number of nitrogens with zero attached hydrogens (tertiary/aromatic N) is 2. The molecule has 13 heteroatoms. The number of nitrogens with two attached hydrogens (primary N) is 2. The van der Waals surface area contributed by atoms with Gasteiger partial charge in [0.05, 0.1) is 38.0 Å². The van der Waals surface area contributed by atoms with Crippen molar-refractivity contribution < 1.29 is 38.3 Å². The van der Waals surface area contributed by atoms with Crippen molar-refractivity contribution in [2.75, 3.05) is 57.9 Å². The Balaban J connectivity index is 0.000000348. The van der Waals surface area contributed by atoms with E-state index in [4.69, 9.17) is 25.8 Å². The minimum Gasteiger partial charge on any atom is -0.493 e. The van der Waals surface area contributed by atoms with Gasteiger partial charge < -0.3 is 35.6 Å². The fourth-order valence-corrected chi connectivity index (χ4v) is 3.91. The van der Waals surface area contributed by atoms with E-state index in [2.05, 4.69) is 28.5 Å².